The van der Waals surface area contributed by atoms with Gasteiger partial charge in [0.15, 0.2) is 0 Å². The highest BCUT2D eigenvalue weighted by molar-refractivity contribution is 7.09. The molecule has 0 N–H and O–H groups in total. The lowest BCUT2D eigenvalue weighted by molar-refractivity contribution is -0.307. The molecule has 1 atom stereocenters. The van der Waals surface area contributed by atoms with Gasteiger partial charge in [-0.15, -0.1) is 0 Å². The average molecular weight is 318 g/mol. The largest absolute Gasteiger partial charge is 0.548 e. The molecule has 0 spiro atoms. The van der Waals surface area contributed by atoms with Crippen LogP contribution in [-0.2, 0) is 11.2 Å². The molecule has 116 valence electrons. The predicted octanol–water partition coefficient (Wildman–Crippen LogP) is 0.856. The number of aliphatic carboxylic acids is 1. The summed E-state index contributed by atoms with van der Waals surface area (Å²) in [5.74, 6) is 0.448. The highest BCUT2D eigenvalue weighted by atomic mass is 32.1. The molecule has 1 aromatic carbocycles. The van der Waals surface area contributed by atoms with Crippen molar-refractivity contribution in [3.05, 3.63) is 35.7 Å². The Morgan fingerprint density at radius 3 is 3.18 bits per heavy atom. The Morgan fingerprint density at radius 1 is 1.55 bits per heavy atom. The first kappa shape index (κ1) is 14.8. The van der Waals surface area contributed by atoms with Crippen molar-refractivity contribution in [1.82, 2.24) is 9.36 Å². The molecule has 1 aromatic heterocycles. The van der Waals surface area contributed by atoms with Crippen LogP contribution in [0.2, 0.25) is 0 Å². The number of benzene rings is 1. The van der Waals surface area contributed by atoms with Crippen LogP contribution in [0.4, 0.5) is 5.13 Å². The van der Waals surface area contributed by atoms with E-state index >= 15 is 0 Å². The van der Waals surface area contributed by atoms with Crippen LogP contribution in [0.3, 0.4) is 0 Å². The Morgan fingerprint density at radius 2 is 2.41 bits per heavy atom. The van der Waals surface area contributed by atoms with Crippen LogP contribution in [0.15, 0.2) is 24.3 Å². The molecule has 1 saturated heterocycles. The van der Waals surface area contributed by atoms with Crippen LogP contribution in [0.25, 0.3) is 0 Å². The van der Waals surface area contributed by atoms with Crippen LogP contribution in [0.5, 0.6) is 5.75 Å². The minimum absolute atomic E-state index is 0.586. The van der Waals surface area contributed by atoms with Crippen molar-refractivity contribution in [1.29, 1.82) is 0 Å². The summed E-state index contributed by atoms with van der Waals surface area (Å²) in [7, 11) is 1.63. The van der Waals surface area contributed by atoms with Crippen LogP contribution in [-0.4, -0.2) is 35.0 Å². The van der Waals surface area contributed by atoms with Crippen molar-refractivity contribution < 1.29 is 14.6 Å². The molecule has 0 radical (unpaired) electrons. The van der Waals surface area contributed by atoms with Crippen molar-refractivity contribution in [3.8, 4) is 5.75 Å². The normalized spacial score (nSPS) is 17.7. The molecule has 1 aliphatic heterocycles. The van der Waals surface area contributed by atoms with E-state index in [-0.39, 0.29) is 0 Å². The number of hydrogen-bond donors (Lipinski definition) is 0. The monoisotopic (exact) mass is 318 g/mol. The molecular weight excluding hydrogens is 302 g/mol. The number of carbonyl (C=O) groups is 1. The number of rotatable bonds is 5. The average Bonchev–Trinajstić information content (AvgIpc) is 3.15. The number of nitrogens with zero attached hydrogens (tertiary/aromatic N) is 3. The SMILES string of the molecule is COc1cccc(Cc2nsc(N3CCC[C@@H]3C(=O)[O-])n2)c1. The van der Waals surface area contributed by atoms with Crippen LogP contribution >= 0.6 is 11.5 Å². The highest BCUT2D eigenvalue weighted by Crippen LogP contribution is 2.27. The fourth-order valence-electron chi connectivity index (χ4n) is 2.64. The summed E-state index contributed by atoms with van der Waals surface area (Å²) >= 11 is 1.24. The number of anilines is 1. The van der Waals surface area contributed by atoms with Gasteiger partial charge in [0.25, 0.3) is 0 Å². The van der Waals surface area contributed by atoms with Gasteiger partial charge in [0.1, 0.15) is 11.6 Å². The molecule has 6 nitrogen and oxygen atoms in total. The van der Waals surface area contributed by atoms with Gasteiger partial charge in [-0.25, -0.2) is 4.98 Å². The molecule has 0 aliphatic carbocycles. The molecule has 1 aliphatic rings. The topological polar surface area (TPSA) is 78.4 Å². The van der Waals surface area contributed by atoms with Gasteiger partial charge in [0.2, 0.25) is 5.13 Å². The van der Waals surface area contributed by atoms with E-state index in [1.54, 1.807) is 12.0 Å². The Bertz CT molecular complexity index is 674. The van der Waals surface area contributed by atoms with Gasteiger partial charge in [-0.05, 0) is 30.5 Å². The molecule has 2 aromatic rings. The summed E-state index contributed by atoms with van der Waals surface area (Å²) in [4.78, 5) is 17.4. The minimum atomic E-state index is -1.04. The van der Waals surface area contributed by atoms with Crippen molar-refractivity contribution in [2.24, 2.45) is 0 Å². The zero-order chi connectivity index (χ0) is 15.5. The first-order valence-electron chi connectivity index (χ1n) is 7.10. The number of aromatic nitrogens is 2. The zero-order valence-corrected chi connectivity index (χ0v) is 13.0. The second-order valence-electron chi connectivity index (χ2n) is 5.19. The molecule has 0 unspecified atom stereocenters. The maximum absolute atomic E-state index is 11.1. The third-order valence-corrected chi connectivity index (χ3v) is 4.52. The minimum Gasteiger partial charge on any atom is -0.548 e. The van der Waals surface area contributed by atoms with Gasteiger partial charge in [0, 0.05) is 24.5 Å². The van der Waals surface area contributed by atoms with E-state index in [1.165, 1.54) is 11.5 Å². The first-order chi connectivity index (χ1) is 10.7. The summed E-state index contributed by atoms with van der Waals surface area (Å²) in [6, 6.07) is 7.16. The van der Waals surface area contributed by atoms with Crippen molar-refractivity contribution in [2.45, 2.75) is 25.3 Å². The molecule has 7 heteroatoms. The summed E-state index contributed by atoms with van der Waals surface area (Å²) in [5.41, 5.74) is 1.06. The number of carboxylic acid groups (broad SMARTS) is 1. The van der Waals surface area contributed by atoms with Crippen molar-refractivity contribution >= 4 is 22.6 Å². The van der Waals surface area contributed by atoms with Gasteiger partial charge in [-0.3, -0.25) is 0 Å². The number of hydrogen-bond acceptors (Lipinski definition) is 7. The Hall–Kier alpha value is -2.15. The lowest BCUT2D eigenvalue weighted by Gasteiger charge is -2.23. The molecule has 2 heterocycles. The van der Waals surface area contributed by atoms with Gasteiger partial charge >= 0.3 is 0 Å². The third-order valence-electron chi connectivity index (χ3n) is 3.72. The molecule has 3 rings (SSSR count). The van der Waals surface area contributed by atoms with Crippen molar-refractivity contribution in [3.63, 3.8) is 0 Å². The number of carbonyl (C=O) groups excluding carboxylic acids is 1. The van der Waals surface area contributed by atoms with Crippen LogP contribution in [0, 0.1) is 0 Å². The lowest BCUT2D eigenvalue weighted by Crippen LogP contribution is -2.44. The van der Waals surface area contributed by atoms with Gasteiger partial charge in [-0.2, -0.15) is 4.37 Å². The van der Waals surface area contributed by atoms with Crippen LogP contribution < -0.4 is 14.7 Å². The first-order valence-corrected chi connectivity index (χ1v) is 7.87. The second-order valence-corrected chi connectivity index (χ2v) is 5.92. The zero-order valence-electron chi connectivity index (χ0n) is 12.2. The molecular formula is C15H16N3O3S-. The van der Waals surface area contributed by atoms with E-state index < -0.39 is 12.0 Å². The summed E-state index contributed by atoms with van der Waals surface area (Å²) in [6.45, 7) is 0.687. The van der Waals surface area contributed by atoms with E-state index in [4.69, 9.17) is 4.74 Å². The summed E-state index contributed by atoms with van der Waals surface area (Å²) in [6.07, 6.45) is 2.04. The summed E-state index contributed by atoms with van der Waals surface area (Å²) < 4.78 is 9.54. The molecule has 0 saturated carbocycles. The number of ether oxygens (including phenoxy) is 1. The number of methoxy groups -OCH3 is 1. The van der Waals surface area contributed by atoms with E-state index in [0.717, 1.165) is 17.7 Å². The Kier molecular flexibility index (Phi) is 4.24. The Balaban J connectivity index is 1.74. The second kappa shape index (κ2) is 6.31. The van der Waals surface area contributed by atoms with E-state index in [2.05, 4.69) is 9.36 Å². The Labute approximate surface area is 132 Å². The molecule has 22 heavy (non-hydrogen) atoms. The third kappa shape index (κ3) is 3.04. The van der Waals surface area contributed by atoms with Gasteiger partial charge in [0.05, 0.1) is 19.1 Å². The highest BCUT2D eigenvalue weighted by Gasteiger charge is 2.28. The summed E-state index contributed by atoms with van der Waals surface area (Å²) in [5, 5.41) is 11.8. The molecule has 0 amide bonds. The van der Waals surface area contributed by atoms with Gasteiger partial charge in [-0.1, -0.05) is 12.1 Å². The molecule has 1 fully saturated rings. The fourth-order valence-corrected chi connectivity index (χ4v) is 3.40. The fraction of sp³-hybridized carbons (Fsp3) is 0.400. The standard InChI is InChI=1S/C15H17N3O3S/c1-21-11-5-2-4-10(8-11)9-13-16-15(22-17-13)18-7-3-6-12(18)14(19)20/h2,4-5,8,12H,3,6-7,9H2,1H3,(H,19,20)/p-1/t12-/m1/s1. The van der Waals surface area contributed by atoms with E-state index in [1.807, 2.05) is 24.3 Å². The van der Waals surface area contributed by atoms with Crippen LogP contribution in [0.1, 0.15) is 24.2 Å². The maximum atomic E-state index is 11.1. The van der Waals surface area contributed by atoms with E-state index in [9.17, 15) is 9.90 Å². The number of carboxylic acids is 1. The smallest absolute Gasteiger partial charge is 0.205 e. The van der Waals surface area contributed by atoms with Crippen molar-refractivity contribution in [2.75, 3.05) is 18.6 Å². The lowest BCUT2D eigenvalue weighted by atomic mass is 10.1. The maximum Gasteiger partial charge on any atom is 0.205 e. The van der Waals surface area contributed by atoms with E-state index in [0.29, 0.717) is 30.3 Å². The predicted molar refractivity (Wildman–Crippen MR) is 81.1 cm³/mol. The quantitative estimate of drug-likeness (QED) is 0.813. The van der Waals surface area contributed by atoms with Gasteiger partial charge < -0.3 is 19.5 Å². The molecule has 0 bridgehead atoms.